The fourth-order valence-electron chi connectivity index (χ4n) is 5.29. The van der Waals surface area contributed by atoms with Gasteiger partial charge in [-0.2, -0.15) is 0 Å². The zero-order valence-electron chi connectivity index (χ0n) is 23.2. The maximum atomic E-state index is 14.1. The van der Waals surface area contributed by atoms with Crippen molar-refractivity contribution in [2.45, 2.75) is 32.7 Å². The molecule has 1 atom stereocenters. The number of nitro groups is 1. The van der Waals surface area contributed by atoms with E-state index in [9.17, 15) is 19.7 Å². The minimum absolute atomic E-state index is 0.0596. The largest absolute Gasteiger partial charge is 0.493 e. The van der Waals surface area contributed by atoms with E-state index >= 15 is 0 Å². The van der Waals surface area contributed by atoms with E-state index in [1.165, 1.54) is 42.3 Å². The third-order valence-electron chi connectivity index (χ3n) is 7.20. The molecule has 5 rings (SSSR count). The second-order valence-corrected chi connectivity index (χ2v) is 10.6. The van der Waals surface area contributed by atoms with Gasteiger partial charge in [0.2, 0.25) is 0 Å². The Kier molecular flexibility index (Phi) is 7.93. The van der Waals surface area contributed by atoms with E-state index in [1.54, 1.807) is 44.2 Å². The summed E-state index contributed by atoms with van der Waals surface area (Å²) in [6.45, 7) is 5.25. The predicted octanol–water partition coefficient (Wildman–Crippen LogP) is 3.32. The van der Waals surface area contributed by atoms with Gasteiger partial charge < -0.3 is 19.1 Å². The number of nitrogens with zero attached hydrogens (tertiary/aromatic N) is 4. The maximum Gasteiger partial charge on any atom is 0.338 e. The first kappa shape index (κ1) is 28.1. The highest BCUT2D eigenvalue weighted by atomic mass is 32.1. The smallest absolute Gasteiger partial charge is 0.338 e. The standard InChI is InChI=1S/C29H30N4O7S/c1-5-40-28(35)25-17(2)30-29-32(26(25)18-8-11-22(38-3)23(15-18)39-4)27(34)24(41-29)16-19-14-20(33(36)37)9-10-21(19)31-12-6-7-13-31/h8-11,14-16,26H,5-7,12-13H2,1-4H3/t26-/m1/s1. The van der Waals surface area contributed by atoms with Crippen molar-refractivity contribution in [3.05, 3.63) is 88.6 Å². The van der Waals surface area contributed by atoms with E-state index < -0.39 is 16.9 Å². The van der Waals surface area contributed by atoms with Crippen LogP contribution >= 0.6 is 11.3 Å². The van der Waals surface area contributed by atoms with Crippen molar-refractivity contribution >= 4 is 34.8 Å². The Hall–Kier alpha value is -4.45. The van der Waals surface area contributed by atoms with Crippen LogP contribution in [-0.4, -0.2) is 49.4 Å². The highest BCUT2D eigenvalue weighted by Gasteiger charge is 2.34. The highest BCUT2D eigenvalue weighted by Crippen LogP contribution is 2.36. The van der Waals surface area contributed by atoms with Crippen molar-refractivity contribution < 1.29 is 23.9 Å². The third-order valence-corrected chi connectivity index (χ3v) is 8.18. The monoisotopic (exact) mass is 578 g/mol. The number of allylic oxidation sites excluding steroid dienone is 1. The molecule has 11 nitrogen and oxygen atoms in total. The van der Waals surface area contributed by atoms with E-state index in [1.807, 2.05) is 0 Å². The molecule has 41 heavy (non-hydrogen) atoms. The molecule has 3 aromatic rings. The van der Waals surface area contributed by atoms with E-state index in [0.717, 1.165) is 31.6 Å². The summed E-state index contributed by atoms with van der Waals surface area (Å²) in [4.78, 5) is 45.6. The number of nitro benzene ring substituents is 1. The number of non-ortho nitro benzene ring substituents is 1. The lowest BCUT2D eigenvalue weighted by molar-refractivity contribution is -0.384. The Labute approximate surface area is 239 Å². The third kappa shape index (κ3) is 5.22. The van der Waals surface area contributed by atoms with Crippen LogP contribution in [0.1, 0.15) is 43.9 Å². The minimum Gasteiger partial charge on any atom is -0.493 e. The SMILES string of the molecule is CCOC(=O)C1=C(C)N=c2sc(=Cc3cc([N+](=O)[O-])ccc3N3CCCC3)c(=O)n2[C@@H]1c1ccc(OC)c(OC)c1. The molecule has 0 saturated carbocycles. The summed E-state index contributed by atoms with van der Waals surface area (Å²) in [5.74, 6) is 0.372. The fraction of sp³-hybridized carbons (Fsp3) is 0.345. The lowest BCUT2D eigenvalue weighted by Crippen LogP contribution is -2.40. The number of carbonyl (C=O) groups is 1. The number of anilines is 1. The normalized spacial score (nSPS) is 16.8. The van der Waals surface area contributed by atoms with Crippen molar-refractivity contribution in [3.63, 3.8) is 0 Å². The molecule has 2 aliphatic rings. The van der Waals surface area contributed by atoms with Crippen LogP contribution in [0.15, 0.2) is 57.5 Å². The fourth-order valence-corrected chi connectivity index (χ4v) is 6.33. The summed E-state index contributed by atoms with van der Waals surface area (Å²) in [5.41, 5.74) is 2.27. The van der Waals surface area contributed by atoms with E-state index in [-0.39, 0.29) is 23.4 Å². The molecule has 0 radical (unpaired) electrons. The molecule has 0 unspecified atom stereocenters. The summed E-state index contributed by atoms with van der Waals surface area (Å²) in [5, 5.41) is 11.6. The number of aromatic nitrogens is 1. The molecule has 0 spiro atoms. The Balaban J connectivity index is 1.74. The lowest BCUT2D eigenvalue weighted by atomic mass is 9.95. The molecular weight excluding hydrogens is 548 g/mol. The van der Waals surface area contributed by atoms with Crippen LogP contribution in [0.2, 0.25) is 0 Å². The first-order chi connectivity index (χ1) is 19.8. The molecule has 0 N–H and O–H groups in total. The molecule has 2 aromatic carbocycles. The molecule has 3 heterocycles. The summed E-state index contributed by atoms with van der Waals surface area (Å²) < 4.78 is 18.1. The van der Waals surface area contributed by atoms with Gasteiger partial charge in [-0.25, -0.2) is 9.79 Å². The maximum absolute atomic E-state index is 14.1. The van der Waals surface area contributed by atoms with Crippen LogP contribution < -0.4 is 29.3 Å². The number of hydrogen-bond donors (Lipinski definition) is 0. The Bertz CT molecular complexity index is 1730. The van der Waals surface area contributed by atoms with Crippen molar-refractivity contribution in [1.82, 2.24) is 4.57 Å². The molecular formula is C29H30N4O7S. The van der Waals surface area contributed by atoms with Crippen molar-refractivity contribution in [2.24, 2.45) is 4.99 Å². The quantitative estimate of drug-likeness (QED) is 0.226. The number of esters is 1. The van der Waals surface area contributed by atoms with Gasteiger partial charge in [0, 0.05) is 36.5 Å². The number of rotatable bonds is 8. The van der Waals surface area contributed by atoms with Gasteiger partial charge in [-0.05, 0) is 56.5 Å². The van der Waals surface area contributed by atoms with Gasteiger partial charge in [-0.15, -0.1) is 0 Å². The number of ether oxygens (including phenoxy) is 3. The van der Waals surface area contributed by atoms with Gasteiger partial charge in [0.25, 0.3) is 11.2 Å². The summed E-state index contributed by atoms with van der Waals surface area (Å²) in [7, 11) is 3.04. The molecule has 12 heteroatoms. The number of hydrogen-bond acceptors (Lipinski definition) is 10. The summed E-state index contributed by atoms with van der Waals surface area (Å²) in [6, 6.07) is 9.09. The Morgan fingerprint density at radius 3 is 2.54 bits per heavy atom. The van der Waals surface area contributed by atoms with Crippen LogP contribution in [0.5, 0.6) is 11.5 Å². The molecule has 2 aliphatic heterocycles. The molecule has 1 saturated heterocycles. The molecule has 0 amide bonds. The van der Waals surface area contributed by atoms with Gasteiger partial charge in [0.15, 0.2) is 16.3 Å². The number of methoxy groups -OCH3 is 2. The second-order valence-electron chi connectivity index (χ2n) is 9.61. The van der Waals surface area contributed by atoms with Crippen LogP contribution in [0.3, 0.4) is 0 Å². The zero-order chi connectivity index (χ0) is 29.3. The van der Waals surface area contributed by atoms with Gasteiger partial charge >= 0.3 is 5.97 Å². The first-order valence-corrected chi connectivity index (χ1v) is 14.0. The number of benzene rings is 2. The van der Waals surface area contributed by atoms with Crippen LogP contribution in [0, 0.1) is 10.1 Å². The predicted molar refractivity (Wildman–Crippen MR) is 154 cm³/mol. The van der Waals surface area contributed by atoms with Crippen molar-refractivity contribution in [3.8, 4) is 11.5 Å². The number of thiazole rings is 1. The van der Waals surface area contributed by atoms with Crippen LogP contribution in [0.4, 0.5) is 11.4 Å². The van der Waals surface area contributed by atoms with Crippen LogP contribution in [0.25, 0.3) is 6.08 Å². The van der Waals surface area contributed by atoms with Gasteiger partial charge in [-0.3, -0.25) is 19.5 Å². The number of fused-ring (bicyclic) bond motifs is 1. The van der Waals surface area contributed by atoms with E-state index in [4.69, 9.17) is 14.2 Å². The summed E-state index contributed by atoms with van der Waals surface area (Å²) in [6.07, 6.45) is 3.74. The Morgan fingerprint density at radius 1 is 1.15 bits per heavy atom. The average Bonchev–Trinajstić information content (AvgIpc) is 3.60. The second kappa shape index (κ2) is 11.6. The van der Waals surface area contributed by atoms with E-state index in [0.29, 0.717) is 37.7 Å². The highest BCUT2D eigenvalue weighted by molar-refractivity contribution is 7.07. The van der Waals surface area contributed by atoms with E-state index in [2.05, 4.69) is 9.89 Å². The molecule has 0 aliphatic carbocycles. The average molecular weight is 579 g/mol. The molecule has 214 valence electrons. The van der Waals surface area contributed by atoms with Crippen LogP contribution in [-0.2, 0) is 9.53 Å². The van der Waals surface area contributed by atoms with Crippen molar-refractivity contribution in [2.75, 3.05) is 38.8 Å². The van der Waals surface area contributed by atoms with Gasteiger partial charge in [-0.1, -0.05) is 17.4 Å². The van der Waals surface area contributed by atoms with Gasteiger partial charge in [0.05, 0.1) is 47.6 Å². The number of carbonyl (C=O) groups excluding carboxylic acids is 1. The lowest BCUT2D eigenvalue weighted by Gasteiger charge is -2.25. The first-order valence-electron chi connectivity index (χ1n) is 13.2. The zero-order valence-corrected chi connectivity index (χ0v) is 24.0. The molecule has 1 fully saturated rings. The minimum atomic E-state index is -0.838. The molecule has 0 bridgehead atoms. The Morgan fingerprint density at radius 2 is 1.88 bits per heavy atom. The van der Waals surface area contributed by atoms with Crippen molar-refractivity contribution in [1.29, 1.82) is 0 Å². The molecule has 1 aromatic heterocycles. The van der Waals surface area contributed by atoms with Gasteiger partial charge in [0.1, 0.15) is 0 Å². The topological polar surface area (TPSA) is 126 Å². The summed E-state index contributed by atoms with van der Waals surface area (Å²) >= 11 is 1.17.